The summed E-state index contributed by atoms with van der Waals surface area (Å²) in [6.07, 6.45) is 0.494. The van der Waals surface area contributed by atoms with E-state index < -0.39 is 21.5 Å². The highest BCUT2D eigenvalue weighted by Crippen LogP contribution is 2.24. The third-order valence-electron chi connectivity index (χ3n) is 6.21. The highest BCUT2D eigenvalue weighted by molar-refractivity contribution is 7.92. The highest BCUT2D eigenvalue weighted by Gasteiger charge is 2.29. The third kappa shape index (κ3) is 5.19. The van der Waals surface area contributed by atoms with E-state index in [4.69, 9.17) is 0 Å². The van der Waals surface area contributed by atoms with E-state index in [9.17, 15) is 22.4 Å². The summed E-state index contributed by atoms with van der Waals surface area (Å²) >= 11 is 0. The Morgan fingerprint density at radius 3 is 2.35 bits per heavy atom. The minimum Gasteiger partial charge on any atom is -0.352 e. The molecular weight excluding hydrogens is 495 g/mol. The lowest BCUT2D eigenvalue weighted by Crippen LogP contribution is -2.32. The van der Waals surface area contributed by atoms with Crippen molar-refractivity contribution in [3.63, 3.8) is 0 Å². The van der Waals surface area contributed by atoms with Crippen LogP contribution in [0.2, 0.25) is 0 Å². The summed E-state index contributed by atoms with van der Waals surface area (Å²) in [4.78, 5) is 25.9. The standard InChI is InChI=1S/C27H27FN4O4S/c1-19-25(27(34)32(30(19)2)23-9-5-4-6-10-23)31(3)37(35,36)24-11-7-8-21(18-24)26(33)29-17-16-20-12-14-22(28)15-13-20/h4-15,18H,16-17H2,1-3H3,(H,29,33). The third-order valence-corrected chi connectivity index (χ3v) is 7.96. The first kappa shape index (κ1) is 25.9. The van der Waals surface area contributed by atoms with Crippen molar-refractivity contribution in [1.29, 1.82) is 0 Å². The molecular formula is C27H27FN4O4S. The fourth-order valence-corrected chi connectivity index (χ4v) is 5.36. The van der Waals surface area contributed by atoms with Crippen LogP contribution in [0.1, 0.15) is 21.6 Å². The molecule has 0 atom stereocenters. The summed E-state index contributed by atoms with van der Waals surface area (Å²) in [6, 6.07) is 20.6. The Kier molecular flexibility index (Phi) is 7.30. The van der Waals surface area contributed by atoms with Crippen LogP contribution >= 0.6 is 0 Å². The van der Waals surface area contributed by atoms with Gasteiger partial charge < -0.3 is 5.32 Å². The van der Waals surface area contributed by atoms with Gasteiger partial charge >= 0.3 is 0 Å². The molecule has 0 saturated heterocycles. The quantitative estimate of drug-likeness (QED) is 0.384. The number of benzene rings is 3. The van der Waals surface area contributed by atoms with Crippen molar-refractivity contribution in [1.82, 2.24) is 14.7 Å². The number of sulfonamides is 1. The largest absolute Gasteiger partial charge is 0.352 e. The Morgan fingerprint density at radius 1 is 1.00 bits per heavy atom. The van der Waals surface area contributed by atoms with Crippen LogP contribution in [0.15, 0.2) is 88.6 Å². The molecule has 0 aliphatic heterocycles. The molecule has 192 valence electrons. The minimum atomic E-state index is -4.16. The fraction of sp³-hybridized carbons (Fsp3) is 0.185. The smallest absolute Gasteiger partial charge is 0.296 e. The van der Waals surface area contributed by atoms with Gasteiger partial charge in [0.2, 0.25) is 0 Å². The molecule has 0 aliphatic carbocycles. The molecule has 1 amide bonds. The fourth-order valence-electron chi connectivity index (χ4n) is 4.07. The van der Waals surface area contributed by atoms with Crippen LogP contribution < -0.4 is 15.2 Å². The van der Waals surface area contributed by atoms with E-state index in [-0.39, 0.29) is 22.0 Å². The summed E-state index contributed by atoms with van der Waals surface area (Å²) in [5.74, 6) is -0.774. The van der Waals surface area contributed by atoms with Gasteiger partial charge in [0.15, 0.2) is 0 Å². The molecule has 0 bridgehead atoms. The molecule has 1 heterocycles. The molecule has 0 aliphatic rings. The molecule has 10 heteroatoms. The number of carbonyl (C=O) groups excluding carboxylic acids is 1. The Labute approximate surface area is 214 Å². The molecule has 1 N–H and O–H groups in total. The molecule has 0 spiro atoms. The number of hydrogen-bond donors (Lipinski definition) is 1. The summed E-state index contributed by atoms with van der Waals surface area (Å²) < 4.78 is 44.0. The predicted octanol–water partition coefficient (Wildman–Crippen LogP) is 3.42. The zero-order valence-corrected chi connectivity index (χ0v) is 21.5. The number of nitrogens with zero attached hydrogens (tertiary/aromatic N) is 3. The van der Waals surface area contributed by atoms with Crippen LogP contribution in [-0.4, -0.2) is 37.3 Å². The first-order chi connectivity index (χ1) is 17.6. The van der Waals surface area contributed by atoms with Crippen LogP contribution in [0.25, 0.3) is 5.69 Å². The number of carbonyl (C=O) groups is 1. The number of hydrogen-bond acceptors (Lipinski definition) is 4. The van der Waals surface area contributed by atoms with Crippen molar-refractivity contribution in [3.05, 3.63) is 112 Å². The van der Waals surface area contributed by atoms with E-state index in [1.165, 1.54) is 48.1 Å². The molecule has 4 aromatic rings. The lowest BCUT2D eigenvalue weighted by atomic mass is 10.1. The first-order valence-electron chi connectivity index (χ1n) is 11.6. The van der Waals surface area contributed by atoms with Gasteiger partial charge in [0.05, 0.1) is 16.3 Å². The van der Waals surface area contributed by atoms with Crippen LogP contribution in [0.4, 0.5) is 10.1 Å². The van der Waals surface area contributed by atoms with Crippen LogP contribution in [0.5, 0.6) is 0 Å². The van der Waals surface area contributed by atoms with Crippen molar-refractivity contribution in [3.8, 4) is 5.69 Å². The average molecular weight is 523 g/mol. The summed E-state index contributed by atoms with van der Waals surface area (Å²) in [5, 5.41) is 2.75. The maximum Gasteiger partial charge on any atom is 0.296 e. The highest BCUT2D eigenvalue weighted by atomic mass is 32.2. The number of halogens is 1. The Bertz CT molecular complexity index is 1590. The number of nitrogens with one attached hydrogen (secondary N) is 1. The SMILES string of the molecule is Cc1c(N(C)S(=O)(=O)c2cccc(C(=O)NCCc3ccc(F)cc3)c2)c(=O)n(-c2ccccc2)n1C. The van der Waals surface area contributed by atoms with Gasteiger partial charge in [-0.2, -0.15) is 0 Å². The summed E-state index contributed by atoms with van der Waals surface area (Å²) in [5.41, 5.74) is 1.63. The molecule has 3 aromatic carbocycles. The molecule has 0 fully saturated rings. The lowest BCUT2D eigenvalue weighted by Gasteiger charge is -2.18. The average Bonchev–Trinajstić information content (AvgIpc) is 3.12. The second kappa shape index (κ2) is 10.4. The van der Waals surface area contributed by atoms with Crippen molar-refractivity contribution < 1.29 is 17.6 Å². The number of para-hydroxylation sites is 1. The monoisotopic (exact) mass is 522 g/mol. The minimum absolute atomic E-state index is 0.0144. The van der Waals surface area contributed by atoms with Crippen molar-refractivity contribution in [2.45, 2.75) is 18.2 Å². The zero-order valence-electron chi connectivity index (χ0n) is 20.7. The topological polar surface area (TPSA) is 93.4 Å². The van der Waals surface area contributed by atoms with E-state index in [2.05, 4.69) is 5.32 Å². The van der Waals surface area contributed by atoms with Crippen molar-refractivity contribution in [2.24, 2.45) is 7.05 Å². The molecule has 1 aromatic heterocycles. The van der Waals surface area contributed by atoms with Gasteiger partial charge in [-0.1, -0.05) is 36.4 Å². The Balaban J connectivity index is 1.57. The van der Waals surface area contributed by atoms with Gasteiger partial charge in [-0.3, -0.25) is 18.6 Å². The first-order valence-corrected chi connectivity index (χ1v) is 13.0. The molecule has 37 heavy (non-hydrogen) atoms. The predicted molar refractivity (Wildman–Crippen MR) is 140 cm³/mol. The van der Waals surface area contributed by atoms with E-state index in [0.717, 1.165) is 9.87 Å². The molecule has 0 saturated carbocycles. The second-order valence-electron chi connectivity index (χ2n) is 8.54. The second-order valence-corrected chi connectivity index (χ2v) is 10.5. The number of rotatable bonds is 8. The Morgan fingerprint density at radius 2 is 1.68 bits per heavy atom. The van der Waals surface area contributed by atoms with Crippen molar-refractivity contribution in [2.75, 3.05) is 17.9 Å². The van der Waals surface area contributed by atoms with E-state index in [0.29, 0.717) is 24.3 Å². The number of anilines is 1. The molecule has 0 unspecified atom stereocenters. The van der Waals surface area contributed by atoms with Gasteiger partial charge in [-0.05, 0) is 61.4 Å². The Hall–Kier alpha value is -4.18. The van der Waals surface area contributed by atoms with Crippen LogP contribution in [0.3, 0.4) is 0 Å². The van der Waals surface area contributed by atoms with Gasteiger partial charge in [0, 0.05) is 26.2 Å². The van der Waals surface area contributed by atoms with E-state index >= 15 is 0 Å². The normalized spacial score (nSPS) is 11.4. The van der Waals surface area contributed by atoms with E-state index in [1.807, 2.05) is 6.07 Å². The van der Waals surface area contributed by atoms with Gasteiger partial charge in [-0.25, -0.2) is 17.5 Å². The summed E-state index contributed by atoms with van der Waals surface area (Å²) in [7, 11) is -1.15. The van der Waals surface area contributed by atoms with Crippen molar-refractivity contribution >= 4 is 21.6 Å². The molecule has 4 rings (SSSR count). The lowest BCUT2D eigenvalue weighted by molar-refractivity contribution is 0.0954. The van der Waals surface area contributed by atoms with Crippen LogP contribution in [0, 0.1) is 12.7 Å². The number of amides is 1. The van der Waals surface area contributed by atoms with Gasteiger partial charge in [0.25, 0.3) is 21.5 Å². The van der Waals surface area contributed by atoms with E-state index in [1.54, 1.807) is 55.1 Å². The molecule has 0 radical (unpaired) electrons. The van der Waals surface area contributed by atoms with Gasteiger partial charge in [0.1, 0.15) is 11.5 Å². The van der Waals surface area contributed by atoms with Crippen LogP contribution in [-0.2, 0) is 23.5 Å². The summed E-state index contributed by atoms with van der Waals surface area (Å²) in [6.45, 7) is 1.97. The maximum atomic E-state index is 13.5. The number of aromatic nitrogens is 2. The maximum absolute atomic E-state index is 13.5. The zero-order chi connectivity index (χ0) is 26.7. The van der Waals surface area contributed by atoms with Gasteiger partial charge in [-0.15, -0.1) is 0 Å². The molecule has 8 nitrogen and oxygen atoms in total.